The summed E-state index contributed by atoms with van der Waals surface area (Å²) in [6, 6.07) is 15.9. The summed E-state index contributed by atoms with van der Waals surface area (Å²) in [7, 11) is 0. The van der Waals surface area contributed by atoms with Crippen molar-refractivity contribution in [2.75, 3.05) is 4.90 Å². The number of fused-ring (bicyclic) bond motifs is 5. The first kappa shape index (κ1) is 16.5. The van der Waals surface area contributed by atoms with Gasteiger partial charge in [-0.3, -0.25) is 4.79 Å². The number of hydrogen-bond donors (Lipinski definition) is 0. The van der Waals surface area contributed by atoms with Crippen LogP contribution in [0.3, 0.4) is 0 Å². The second-order valence-corrected chi connectivity index (χ2v) is 7.16. The van der Waals surface area contributed by atoms with Gasteiger partial charge in [-0.25, -0.2) is 4.68 Å². The summed E-state index contributed by atoms with van der Waals surface area (Å²) in [4.78, 5) is 15.3. The zero-order chi connectivity index (χ0) is 18.4. The fraction of sp³-hybridized carbons (Fsp3) is 0.286. The van der Waals surface area contributed by atoms with Gasteiger partial charge in [0.1, 0.15) is 5.69 Å². The van der Waals surface area contributed by atoms with E-state index in [0.717, 1.165) is 28.2 Å². The van der Waals surface area contributed by atoms with E-state index >= 15 is 0 Å². The molecule has 0 radical (unpaired) electrons. The minimum absolute atomic E-state index is 0.00482. The van der Waals surface area contributed by atoms with Crippen molar-refractivity contribution in [3.63, 3.8) is 0 Å². The lowest BCUT2D eigenvalue weighted by Gasteiger charge is -2.31. The van der Waals surface area contributed by atoms with Crippen LogP contribution in [0.1, 0.15) is 44.1 Å². The van der Waals surface area contributed by atoms with Gasteiger partial charge in [-0.15, -0.1) is 5.10 Å². The second kappa shape index (κ2) is 6.09. The Labute approximate surface area is 153 Å². The Morgan fingerprint density at radius 3 is 2.08 bits per heavy atom. The molecular formula is C21H22N4O. The molecule has 4 rings (SSSR count). The monoisotopic (exact) mass is 346 g/mol. The fourth-order valence-corrected chi connectivity index (χ4v) is 3.60. The van der Waals surface area contributed by atoms with Crippen LogP contribution in [0.4, 0.5) is 5.69 Å². The Bertz CT molecular complexity index is 987. The van der Waals surface area contributed by atoms with Crippen LogP contribution in [-0.2, 0) is 0 Å². The zero-order valence-corrected chi connectivity index (χ0v) is 15.5. The molecule has 3 aromatic rings. The maximum Gasteiger partial charge on any atom is 0.259 e. The Balaban J connectivity index is 2.15. The van der Waals surface area contributed by atoms with Crippen molar-refractivity contribution in [2.24, 2.45) is 0 Å². The minimum Gasteiger partial charge on any atom is -0.305 e. The quantitative estimate of drug-likeness (QED) is 0.683. The summed E-state index contributed by atoms with van der Waals surface area (Å²) in [6.07, 6.45) is 0. The van der Waals surface area contributed by atoms with Gasteiger partial charge in [0, 0.05) is 28.8 Å². The predicted molar refractivity (Wildman–Crippen MR) is 103 cm³/mol. The Morgan fingerprint density at radius 2 is 1.42 bits per heavy atom. The smallest absolute Gasteiger partial charge is 0.259 e. The lowest BCUT2D eigenvalue weighted by atomic mass is 9.94. The highest BCUT2D eigenvalue weighted by Gasteiger charge is 2.32. The molecule has 0 aliphatic carbocycles. The van der Waals surface area contributed by atoms with E-state index in [1.165, 1.54) is 0 Å². The van der Waals surface area contributed by atoms with E-state index in [1.54, 1.807) is 0 Å². The van der Waals surface area contributed by atoms with E-state index in [-0.39, 0.29) is 18.0 Å². The Kier molecular flexibility index (Phi) is 3.87. The maximum absolute atomic E-state index is 13.5. The van der Waals surface area contributed by atoms with Gasteiger partial charge >= 0.3 is 0 Å². The van der Waals surface area contributed by atoms with Crippen LogP contribution in [0.2, 0.25) is 0 Å². The Morgan fingerprint density at radius 1 is 0.808 bits per heavy atom. The van der Waals surface area contributed by atoms with Gasteiger partial charge < -0.3 is 4.90 Å². The highest BCUT2D eigenvalue weighted by Crippen LogP contribution is 2.42. The van der Waals surface area contributed by atoms with Crippen LogP contribution in [0.15, 0.2) is 48.5 Å². The molecule has 2 aromatic carbocycles. The average molecular weight is 346 g/mol. The van der Waals surface area contributed by atoms with Crippen molar-refractivity contribution in [1.82, 2.24) is 15.0 Å². The molecule has 1 aliphatic rings. The molecule has 5 heteroatoms. The number of amides is 1. The molecule has 5 nitrogen and oxygen atoms in total. The fourth-order valence-electron chi connectivity index (χ4n) is 3.60. The third-order valence-corrected chi connectivity index (χ3v) is 4.75. The van der Waals surface area contributed by atoms with Gasteiger partial charge in [-0.05, 0) is 39.8 Å². The highest BCUT2D eigenvalue weighted by atomic mass is 16.2. The molecule has 26 heavy (non-hydrogen) atoms. The second-order valence-electron chi connectivity index (χ2n) is 7.16. The van der Waals surface area contributed by atoms with Crippen LogP contribution in [-0.4, -0.2) is 26.9 Å². The molecule has 0 bridgehead atoms. The highest BCUT2D eigenvalue weighted by molar-refractivity contribution is 6.14. The number of aromatic nitrogens is 3. The van der Waals surface area contributed by atoms with Crippen molar-refractivity contribution in [1.29, 1.82) is 0 Å². The van der Waals surface area contributed by atoms with Crippen molar-refractivity contribution in [2.45, 2.75) is 39.8 Å². The zero-order valence-electron chi connectivity index (χ0n) is 15.5. The van der Waals surface area contributed by atoms with Gasteiger partial charge in [-0.1, -0.05) is 41.6 Å². The molecule has 0 atom stereocenters. The number of rotatable bonds is 2. The standard InChI is InChI=1S/C21H22N4O/c1-13(2)24-18-12-8-7-11-17(18)19-20(25(14(3)4)23-22-19)15-9-5-6-10-16(15)21(24)26/h5-14H,1-4H3. The molecule has 0 spiro atoms. The maximum atomic E-state index is 13.5. The molecule has 1 aliphatic heterocycles. The van der Waals surface area contributed by atoms with Crippen LogP contribution in [0, 0.1) is 0 Å². The van der Waals surface area contributed by atoms with E-state index in [2.05, 4.69) is 24.2 Å². The first-order valence-corrected chi connectivity index (χ1v) is 8.98. The van der Waals surface area contributed by atoms with Crippen molar-refractivity contribution in [3.05, 3.63) is 54.1 Å². The number of carbonyl (C=O) groups excluding carboxylic acids is 1. The molecule has 132 valence electrons. The van der Waals surface area contributed by atoms with Crippen molar-refractivity contribution < 1.29 is 4.79 Å². The van der Waals surface area contributed by atoms with E-state index < -0.39 is 0 Å². The van der Waals surface area contributed by atoms with E-state index in [4.69, 9.17) is 0 Å². The largest absolute Gasteiger partial charge is 0.305 e. The summed E-state index contributed by atoms with van der Waals surface area (Å²) >= 11 is 0. The molecule has 1 aromatic heterocycles. The summed E-state index contributed by atoms with van der Waals surface area (Å²) in [5.41, 5.74) is 5.09. The molecule has 0 saturated carbocycles. The van der Waals surface area contributed by atoms with E-state index in [0.29, 0.717) is 5.56 Å². The molecule has 0 saturated heterocycles. The minimum atomic E-state index is 0.00482. The van der Waals surface area contributed by atoms with Gasteiger partial charge in [0.2, 0.25) is 0 Å². The number of nitrogens with zero attached hydrogens (tertiary/aromatic N) is 4. The molecule has 0 N–H and O–H groups in total. The van der Waals surface area contributed by atoms with Crippen LogP contribution < -0.4 is 4.90 Å². The number of hydrogen-bond acceptors (Lipinski definition) is 3. The lowest BCUT2D eigenvalue weighted by Crippen LogP contribution is -2.38. The Hall–Kier alpha value is -2.95. The summed E-state index contributed by atoms with van der Waals surface area (Å²) < 4.78 is 1.91. The summed E-state index contributed by atoms with van der Waals surface area (Å²) in [6.45, 7) is 8.21. The predicted octanol–water partition coefficient (Wildman–Crippen LogP) is 4.56. The summed E-state index contributed by atoms with van der Waals surface area (Å²) in [5.74, 6) is 0.00482. The SMILES string of the molecule is CC(C)N1C(=O)c2ccccc2-c2c(nnn2C(C)C)-c2ccccc21. The molecule has 2 heterocycles. The molecule has 1 amide bonds. The number of para-hydroxylation sites is 1. The van der Waals surface area contributed by atoms with Gasteiger partial charge in [0.05, 0.1) is 11.4 Å². The van der Waals surface area contributed by atoms with Crippen molar-refractivity contribution >= 4 is 11.6 Å². The molecular weight excluding hydrogens is 324 g/mol. The third-order valence-electron chi connectivity index (χ3n) is 4.75. The normalized spacial score (nSPS) is 13.3. The van der Waals surface area contributed by atoms with Crippen LogP contribution in [0.25, 0.3) is 22.5 Å². The lowest BCUT2D eigenvalue weighted by molar-refractivity contribution is 0.0981. The van der Waals surface area contributed by atoms with Gasteiger partial charge in [0.15, 0.2) is 0 Å². The number of anilines is 1. The van der Waals surface area contributed by atoms with Gasteiger partial charge in [-0.2, -0.15) is 0 Å². The van der Waals surface area contributed by atoms with Crippen LogP contribution in [0.5, 0.6) is 0 Å². The third kappa shape index (κ3) is 2.35. The number of benzene rings is 2. The topological polar surface area (TPSA) is 51.0 Å². The first-order valence-electron chi connectivity index (χ1n) is 8.98. The molecule has 0 unspecified atom stereocenters. The first-order chi connectivity index (χ1) is 12.5. The summed E-state index contributed by atoms with van der Waals surface area (Å²) in [5, 5.41) is 8.92. The van der Waals surface area contributed by atoms with Crippen molar-refractivity contribution in [3.8, 4) is 22.5 Å². The van der Waals surface area contributed by atoms with Crippen LogP contribution >= 0.6 is 0 Å². The van der Waals surface area contributed by atoms with E-state index in [1.807, 2.05) is 72.0 Å². The average Bonchev–Trinajstić information content (AvgIpc) is 3.05. The van der Waals surface area contributed by atoms with E-state index in [9.17, 15) is 4.79 Å². The number of carbonyl (C=O) groups is 1. The van der Waals surface area contributed by atoms with Gasteiger partial charge in [0.25, 0.3) is 5.91 Å². The molecule has 0 fully saturated rings.